The van der Waals surface area contributed by atoms with Gasteiger partial charge in [0.15, 0.2) is 0 Å². The average Bonchev–Trinajstić information content (AvgIpc) is 2.01. The summed E-state index contributed by atoms with van der Waals surface area (Å²) in [5.74, 6) is 0.922. The highest BCUT2D eigenvalue weighted by Crippen LogP contribution is 1.98. The fourth-order valence-corrected chi connectivity index (χ4v) is 0.575. The molecular weight excluding hydrogens is 164 g/mol. The van der Waals surface area contributed by atoms with Gasteiger partial charge in [0.2, 0.25) is 0 Å². The standard InChI is InChI=1S/C8H13ClO2/c1-3-4-7(2)11-6-8(10)5-9/h3-4,8,10H,1,5-6H2,2H3/b7-4+/t8-/m0/s1. The van der Waals surface area contributed by atoms with Crippen LogP contribution >= 0.6 is 11.6 Å². The third-order valence-corrected chi connectivity index (χ3v) is 1.39. The Bertz CT molecular complexity index is 143. The molecule has 0 aromatic rings. The average molecular weight is 177 g/mol. The Balaban J connectivity index is 3.52. The summed E-state index contributed by atoms with van der Waals surface area (Å²) < 4.78 is 5.09. The molecule has 0 rings (SSSR count). The lowest BCUT2D eigenvalue weighted by Gasteiger charge is -2.08. The van der Waals surface area contributed by atoms with E-state index in [1.807, 2.05) is 0 Å². The first kappa shape index (κ1) is 10.5. The number of hydrogen-bond acceptors (Lipinski definition) is 2. The van der Waals surface area contributed by atoms with Crippen LogP contribution in [-0.2, 0) is 4.74 Å². The van der Waals surface area contributed by atoms with Gasteiger partial charge in [0, 0.05) is 0 Å². The van der Waals surface area contributed by atoms with Crippen molar-refractivity contribution in [2.45, 2.75) is 13.0 Å². The normalized spacial score (nSPS) is 14.3. The van der Waals surface area contributed by atoms with Gasteiger partial charge in [0.05, 0.1) is 11.6 Å². The van der Waals surface area contributed by atoms with Crippen LogP contribution in [0, 0.1) is 0 Å². The fourth-order valence-electron chi connectivity index (χ4n) is 0.486. The van der Waals surface area contributed by atoms with Crippen molar-refractivity contribution in [3.05, 3.63) is 24.5 Å². The predicted molar refractivity (Wildman–Crippen MR) is 46.6 cm³/mol. The predicted octanol–water partition coefficient (Wildman–Crippen LogP) is 1.69. The number of allylic oxidation sites excluding steroid dienone is 3. The van der Waals surface area contributed by atoms with E-state index in [1.165, 1.54) is 0 Å². The SMILES string of the molecule is C=C/C=C(\C)OC[C@@H](O)CCl. The largest absolute Gasteiger partial charge is 0.495 e. The van der Waals surface area contributed by atoms with E-state index in [4.69, 9.17) is 21.4 Å². The number of hydrogen-bond donors (Lipinski definition) is 1. The van der Waals surface area contributed by atoms with Gasteiger partial charge in [-0.25, -0.2) is 0 Å². The molecule has 0 amide bonds. The first-order valence-electron chi connectivity index (χ1n) is 3.37. The maximum atomic E-state index is 8.97. The summed E-state index contributed by atoms with van der Waals surface area (Å²) in [5, 5.41) is 8.97. The molecular formula is C8H13ClO2. The van der Waals surface area contributed by atoms with Crippen molar-refractivity contribution in [1.82, 2.24) is 0 Å². The third-order valence-electron chi connectivity index (χ3n) is 1.03. The van der Waals surface area contributed by atoms with Gasteiger partial charge < -0.3 is 9.84 Å². The van der Waals surface area contributed by atoms with Crippen molar-refractivity contribution < 1.29 is 9.84 Å². The van der Waals surface area contributed by atoms with E-state index in [0.717, 1.165) is 5.76 Å². The van der Waals surface area contributed by atoms with Crippen LogP contribution in [0.1, 0.15) is 6.92 Å². The highest BCUT2D eigenvalue weighted by molar-refractivity contribution is 6.18. The number of alkyl halides is 1. The molecule has 0 radical (unpaired) electrons. The minimum absolute atomic E-state index is 0.196. The molecule has 0 unspecified atom stereocenters. The monoisotopic (exact) mass is 176 g/mol. The molecule has 2 nitrogen and oxygen atoms in total. The van der Waals surface area contributed by atoms with Gasteiger partial charge in [-0.3, -0.25) is 0 Å². The molecule has 3 heteroatoms. The van der Waals surface area contributed by atoms with Crippen LogP contribution in [0.25, 0.3) is 0 Å². The highest BCUT2D eigenvalue weighted by atomic mass is 35.5. The Morgan fingerprint density at radius 3 is 2.91 bits per heavy atom. The second-order valence-corrected chi connectivity index (χ2v) is 2.44. The van der Waals surface area contributed by atoms with Crippen LogP contribution in [0.4, 0.5) is 0 Å². The highest BCUT2D eigenvalue weighted by Gasteiger charge is 2.00. The van der Waals surface area contributed by atoms with Gasteiger partial charge in [-0.15, -0.1) is 11.6 Å². The smallest absolute Gasteiger partial charge is 0.115 e. The Hall–Kier alpha value is -0.470. The van der Waals surface area contributed by atoms with Crippen molar-refractivity contribution in [2.75, 3.05) is 12.5 Å². The summed E-state index contributed by atoms with van der Waals surface area (Å²) in [4.78, 5) is 0. The minimum atomic E-state index is -0.593. The Morgan fingerprint density at radius 1 is 1.82 bits per heavy atom. The zero-order valence-electron chi connectivity index (χ0n) is 6.59. The molecule has 0 fully saturated rings. The van der Waals surface area contributed by atoms with Crippen LogP contribution < -0.4 is 0 Å². The van der Waals surface area contributed by atoms with Crippen LogP contribution in [0.5, 0.6) is 0 Å². The summed E-state index contributed by atoms with van der Waals surface area (Å²) >= 11 is 5.34. The van der Waals surface area contributed by atoms with Crippen LogP contribution in [0.2, 0.25) is 0 Å². The van der Waals surface area contributed by atoms with Crippen molar-refractivity contribution in [3.63, 3.8) is 0 Å². The summed E-state index contributed by atoms with van der Waals surface area (Å²) in [6, 6.07) is 0. The lowest BCUT2D eigenvalue weighted by Crippen LogP contribution is -2.15. The molecule has 0 aromatic heterocycles. The van der Waals surface area contributed by atoms with Crippen LogP contribution in [-0.4, -0.2) is 23.7 Å². The van der Waals surface area contributed by atoms with Gasteiger partial charge in [-0.1, -0.05) is 12.7 Å². The maximum Gasteiger partial charge on any atom is 0.115 e. The quantitative estimate of drug-likeness (QED) is 0.393. The molecule has 1 atom stereocenters. The van der Waals surface area contributed by atoms with Crippen molar-refractivity contribution >= 4 is 11.6 Å². The number of rotatable bonds is 5. The maximum absolute atomic E-state index is 8.97. The molecule has 0 aromatic carbocycles. The van der Waals surface area contributed by atoms with Gasteiger partial charge in [-0.2, -0.15) is 0 Å². The van der Waals surface area contributed by atoms with Crippen molar-refractivity contribution in [3.8, 4) is 0 Å². The molecule has 0 bridgehead atoms. The number of halogens is 1. The molecule has 11 heavy (non-hydrogen) atoms. The zero-order valence-corrected chi connectivity index (χ0v) is 7.34. The van der Waals surface area contributed by atoms with E-state index >= 15 is 0 Å². The molecule has 0 aliphatic rings. The zero-order chi connectivity index (χ0) is 8.69. The summed E-state index contributed by atoms with van der Waals surface area (Å²) in [6.07, 6.45) is 2.76. The summed E-state index contributed by atoms with van der Waals surface area (Å²) in [6.45, 7) is 5.53. The molecule has 0 saturated heterocycles. The number of aliphatic hydroxyl groups is 1. The molecule has 64 valence electrons. The fraction of sp³-hybridized carbons (Fsp3) is 0.500. The van der Waals surface area contributed by atoms with Gasteiger partial charge in [0.25, 0.3) is 0 Å². The molecule has 0 heterocycles. The summed E-state index contributed by atoms with van der Waals surface area (Å²) in [7, 11) is 0. The van der Waals surface area contributed by atoms with E-state index in [2.05, 4.69) is 6.58 Å². The first-order chi connectivity index (χ1) is 5.20. The van der Waals surface area contributed by atoms with Crippen molar-refractivity contribution in [1.29, 1.82) is 0 Å². The second-order valence-electron chi connectivity index (χ2n) is 2.13. The molecule has 0 aliphatic carbocycles. The second kappa shape index (κ2) is 6.25. The molecule has 0 aliphatic heterocycles. The van der Waals surface area contributed by atoms with Crippen LogP contribution in [0.15, 0.2) is 24.5 Å². The van der Waals surface area contributed by atoms with Crippen molar-refractivity contribution in [2.24, 2.45) is 0 Å². The van der Waals surface area contributed by atoms with E-state index < -0.39 is 6.10 Å². The van der Waals surface area contributed by atoms with Gasteiger partial charge in [0.1, 0.15) is 12.7 Å². The Morgan fingerprint density at radius 2 is 2.45 bits per heavy atom. The molecule has 0 saturated carbocycles. The topological polar surface area (TPSA) is 29.5 Å². The minimum Gasteiger partial charge on any atom is -0.495 e. The summed E-state index contributed by atoms with van der Waals surface area (Å²) in [5.41, 5.74) is 0. The molecule has 1 N–H and O–H groups in total. The van der Waals surface area contributed by atoms with E-state index in [9.17, 15) is 0 Å². The van der Waals surface area contributed by atoms with Gasteiger partial charge in [-0.05, 0) is 13.0 Å². The Labute approximate surface area is 72.1 Å². The number of aliphatic hydroxyl groups excluding tert-OH is 1. The number of ether oxygens (including phenoxy) is 1. The van der Waals surface area contributed by atoms with Crippen LogP contribution in [0.3, 0.4) is 0 Å². The molecule has 0 spiro atoms. The van der Waals surface area contributed by atoms with E-state index in [0.29, 0.717) is 0 Å². The lowest BCUT2D eigenvalue weighted by molar-refractivity contribution is 0.0866. The van der Waals surface area contributed by atoms with E-state index in [1.54, 1.807) is 19.1 Å². The Kier molecular flexibility index (Phi) is 5.99. The van der Waals surface area contributed by atoms with E-state index in [-0.39, 0.29) is 12.5 Å². The van der Waals surface area contributed by atoms with Gasteiger partial charge >= 0.3 is 0 Å². The lowest BCUT2D eigenvalue weighted by atomic mass is 10.4. The first-order valence-corrected chi connectivity index (χ1v) is 3.90. The third kappa shape index (κ3) is 5.95.